The van der Waals surface area contributed by atoms with E-state index in [-0.39, 0.29) is 22.6 Å². The molecule has 0 aliphatic heterocycles. The van der Waals surface area contributed by atoms with Crippen molar-refractivity contribution in [3.05, 3.63) is 22.4 Å². The molecule has 1 N–H and O–H groups in total. The zero-order valence-electron chi connectivity index (χ0n) is 13.0. The molecule has 2 amide bonds. The maximum atomic E-state index is 12.2. The minimum absolute atomic E-state index is 0.0638. The molecule has 23 heavy (non-hydrogen) atoms. The van der Waals surface area contributed by atoms with E-state index in [1.807, 2.05) is 0 Å². The van der Waals surface area contributed by atoms with E-state index in [0.29, 0.717) is 32.0 Å². The van der Waals surface area contributed by atoms with E-state index in [1.54, 1.807) is 14.2 Å². The van der Waals surface area contributed by atoms with Gasteiger partial charge in [0.15, 0.2) is 5.15 Å². The van der Waals surface area contributed by atoms with Crippen LogP contribution < -0.4 is 5.32 Å². The summed E-state index contributed by atoms with van der Waals surface area (Å²) in [5.74, 6) is -0.810. The van der Waals surface area contributed by atoms with Gasteiger partial charge in [-0.2, -0.15) is 0 Å². The highest BCUT2D eigenvalue weighted by Crippen LogP contribution is 2.21. The second-order valence-electron chi connectivity index (χ2n) is 4.56. The Morgan fingerprint density at radius 1 is 1.17 bits per heavy atom. The number of pyridine rings is 1. The van der Waals surface area contributed by atoms with Gasteiger partial charge in [0, 0.05) is 27.3 Å². The summed E-state index contributed by atoms with van der Waals surface area (Å²) in [4.78, 5) is 29.5. The van der Waals surface area contributed by atoms with Gasteiger partial charge in [-0.15, -0.1) is 0 Å². The summed E-state index contributed by atoms with van der Waals surface area (Å²) >= 11 is 11.6. The summed E-state index contributed by atoms with van der Waals surface area (Å²) in [6.45, 7) is 1.53. The Kier molecular flexibility index (Phi) is 8.86. The standard InChI is InChI=1S/C14H19Cl2N3O4/c1-22-7-5-19(6-8-23-2)13(21)9-12(20)17-10-3-4-11(15)18-14(10)16/h3-4H,5-9H2,1-2H3,(H,17,20). The maximum Gasteiger partial charge on any atom is 0.233 e. The van der Waals surface area contributed by atoms with Crippen molar-refractivity contribution in [2.24, 2.45) is 0 Å². The third-order valence-electron chi connectivity index (χ3n) is 2.88. The third kappa shape index (κ3) is 7.13. The first-order valence-electron chi connectivity index (χ1n) is 6.85. The maximum absolute atomic E-state index is 12.2. The fourth-order valence-corrected chi connectivity index (χ4v) is 2.11. The second kappa shape index (κ2) is 10.4. The number of halogens is 2. The molecule has 0 fully saturated rings. The monoisotopic (exact) mass is 363 g/mol. The van der Waals surface area contributed by atoms with Crippen molar-refractivity contribution >= 4 is 40.7 Å². The van der Waals surface area contributed by atoms with Crippen LogP contribution in [-0.2, 0) is 19.1 Å². The van der Waals surface area contributed by atoms with Crippen molar-refractivity contribution < 1.29 is 19.1 Å². The van der Waals surface area contributed by atoms with Crippen molar-refractivity contribution in [1.29, 1.82) is 0 Å². The molecule has 7 nitrogen and oxygen atoms in total. The molecule has 0 spiro atoms. The number of carbonyl (C=O) groups excluding carboxylic acids is 2. The molecule has 0 aliphatic carbocycles. The van der Waals surface area contributed by atoms with Crippen LogP contribution in [-0.4, -0.2) is 62.2 Å². The van der Waals surface area contributed by atoms with Gasteiger partial charge < -0.3 is 19.7 Å². The zero-order chi connectivity index (χ0) is 17.2. The molecule has 0 bridgehead atoms. The van der Waals surface area contributed by atoms with E-state index in [4.69, 9.17) is 32.7 Å². The number of aromatic nitrogens is 1. The van der Waals surface area contributed by atoms with Crippen molar-refractivity contribution in [3.8, 4) is 0 Å². The molecular formula is C14H19Cl2N3O4. The highest BCUT2D eigenvalue weighted by molar-refractivity contribution is 6.34. The number of methoxy groups -OCH3 is 2. The summed E-state index contributed by atoms with van der Waals surface area (Å²) in [6.07, 6.45) is -0.313. The smallest absolute Gasteiger partial charge is 0.233 e. The van der Waals surface area contributed by atoms with Crippen molar-refractivity contribution in [1.82, 2.24) is 9.88 Å². The summed E-state index contributed by atoms with van der Waals surface area (Å²) in [7, 11) is 3.09. The van der Waals surface area contributed by atoms with E-state index in [1.165, 1.54) is 17.0 Å². The van der Waals surface area contributed by atoms with Crippen LogP contribution in [0.1, 0.15) is 6.42 Å². The van der Waals surface area contributed by atoms with E-state index in [2.05, 4.69) is 10.3 Å². The minimum Gasteiger partial charge on any atom is -0.383 e. The fraction of sp³-hybridized carbons (Fsp3) is 0.500. The molecule has 1 aromatic rings. The number of carbonyl (C=O) groups is 2. The summed E-state index contributed by atoms with van der Waals surface area (Å²) in [6, 6.07) is 3.02. The Hall–Kier alpha value is -1.41. The number of hydrogen-bond acceptors (Lipinski definition) is 5. The van der Waals surface area contributed by atoms with Crippen LogP contribution in [0.15, 0.2) is 12.1 Å². The molecule has 0 radical (unpaired) electrons. The first-order chi connectivity index (χ1) is 11.0. The lowest BCUT2D eigenvalue weighted by molar-refractivity contribution is -0.135. The molecule has 1 aromatic heterocycles. The van der Waals surface area contributed by atoms with Crippen LogP contribution in [0.3, 0.4) is 0 Å². The van der Waals surface area contributed by atoms with Crippen LogP contribution in [0.4, 0.5) is 5.69 Å². The number of rotatable bonds is 9. The topological polar surface area (TPSA) is 80.8 Å². The number of amides is 2. The van der Waals surface area contributed by atoms with Gasteiger partial charge in [-0.1, -0.05) is 23.2 Å². The molecule has 0 aliphatic rings. The minimum atomic E-state index is -0.485. The molecule has 1 heterocycles. The normalized spacial score (nSPS) is 10.4. The molecule has 0 saturated carbocycles. The van der Waals surface area contributed by atoms with Gasteiger partial charge in [0.05, 0.1) is 18.9 Å². The van der Waals surface area contributed by atoms with E-state index in [0.717, 1.165) is 0 Å². The lowest BCUT2D eigenvalue weighted by atomic mass is 10.3. The van der Waals surface area contributed by atoms with Gasteiger partial charge in [-0.3, -0.25) is 9.59 Å². The quantitative estimate of drug-likeness (QED) is 0.534. The summed E-state index contributed by atoms with van der Waals surface area (Å²) < 4.78 is 9.91. The molecule has 1 rings (SSSR count). The van der Waals surface area contributed by atoms with Gasteiger partial charge in [0.2, 0.25) is 11.8 Å². The Labute approximate surface area is 144 Å². The number of nitrogens with zero attached hydrogens (tertiary/aromatic N) is 2. The molecule has 0 unspecified atom stereocenters. The predicted octanol–water partition coefficient (Wildman–Crippen LogP) is 1.84. The summed E-state index contributed by atoms with van der Waals surface area (Å²) in [5, 5.41) is 2.81. The van der Waals surface area contributed by atoms with E-state index in [9.17, 15) is 9.59 Å². The fourth-order valence-electron chi connectivity index (χ4n) is 1.71. The van der Waals surface area contributed by atoms with Crippen LogP contribution >= 0.6 is 23.2 Å². The molecule has 0 atom stereocenters. The Morgan fingerprint density at radius 3 is 2.30 bits per heavy atom. The highest BCUT2D eigenvalue weighted by atomic mass is 35.5. The zero-order valence-corrected chi connectivity index (χ0v) is 14.5. The molecule has 0 aromatic carbocycles. The molecule has 128 valence electrons. The van der Waals surface area contributed by atoms with Crippen molar-refractivity contribution in [3.63, 3.8) is 0 Å². The summed E-state index contributed by atoms with van der Waals surface area (Å²) in [5.41, 5.74) is 0.300. The van der Waals surface area contributed by atoms with Crippen LogP contribution in [0.5, 0.6) is 0 Å². The number of ether oxygens (including phenoxy) is 2. The highest BCUT2D eigenvalue weighted by Gasteiger charge is 2.18. The largest absolute Gasteiger partial charge is 0.383 e. The number of anilines is 1. The van der Waals surface area contributed by atoms with Crippen LogP contribution in [0.25, 0.3) is 0 Å². The van der Waals surface area contributed by atoms with E-state index < -0.39 is 5.91 Å². The molecule has 0 saturated heterocycles. The third-order valence-corrected chi connectivity index (χ3v) is 3.38. The van der Waals surface area contributed by atoms with Crippen molar-refractivity contribution in [2.75, 3.05) is 45.8 Å². The van der Waals surface area contributed by atoms with Gasteiger partial charge in [-0.25, -0.2) is 4.98 Å². The first-order valence-corrected chi connectivity index (χ1v) is 7.61. The number of nitrogens with one attached hydrogen (secondary N) is 1. The average Bonchev–Trinajstić information content (AvgIpc) is 2.50. The van der Waals surface area contributed by atoms with Gasteiger partial charge in [-0.05, 0) is 12.1 Å². The van der Waals surface area contributed by atoms with Crippen LogP contribution in [0.2, 0.25) is 10.3 Å². The van der Waals surface area contributed by atoms with Crippen LogP contribution in [0, 0.1) is 0 Å². The van der Waals surface area contributed by atoms with Crippen molar-refractivity contribution in [2.45, 2.75) is 6.42 Å². The second-order valence-corrected chi connectivity index (χ2v) is 5.31. The average molecular weight is 364 g/mol. The van der Waals surface area contributed by atoms with Gasteiger partial charge >= 0.3 is 0 Å². The van der Waals surface area contributed by atoms with Gasteiger partial charge in [0.25, 0.3) is 0 Å². The first kappa shape index (κ1) is 19.6. The SMILES string of the molecule is COCCN(CCOC)C(=O)CC(=O)Nc1ccc(Cl)nc1Cl. The predicted molar refractivity (Wildman–Crippen MR) is 87.8 cm³/mol. The van der Waals surface area contributed by atoms with E-state index >= 15 is 0 Å². The number of hydrogen-bond donors (Lipinski definition) is 1. The molecule has 9 heteroatoms. The lowest BCUT2D eigenvalue weighted by Gasteiger charge is -2.21. The Bertz CT molecular complexity index is 535. The molecular weight excluding hydrogens is 345 g/mol. The Morgan fingerprint density at radius 2 is 1.78 bits per heavy atom. The van der Waals surface area contributed by atoms with Gasteiger partial charge in [0.1, 0.15) is 11.6 Å². The Balaban J connectivity index is 2.60. The lowest BCUT2D eigenvalue weighted by Crippen LogP contribution is -2.38.